The molecule has 4 heteroatoms. The molecule has 1 heterocycles. The molecule has 0 fully saturated rings. The number of hydrogen-bond donors (Lipinski definition) is 2. The predicted molar refractivity (Wildman–Crippen MR) is 87.7 cm³/mol. The Labute approximate surface area is 128 Å². The number of nitrogens with one attached hydrogen (secondary N) is 1. The number of carbonyl (C=O) groups is 1. The number of nitrogen functional groups attached to an aromatic ring is 1. The third kappa shape index (κ3) is 2.86. The number of furan rings is 1. The molecule has 110 valence electrons. The standard InChI is InChI=1S/C18H16N2O2/c1-12-2-4-13(5-3-12)18(21)20-17-10-14(6-7-16(17)19)15-8-9-22-11-15/h2-11H,19H2,1H3,(H,20,21). The van der Waals surface area contributed by atoms with Crippen molar-refractivity contribution in [1.29, 1.82) is 0 Å². The molecule has 2 aromatic carbocycles. The SMILES string of the molecule is Cc1ccc(C(=O)Nc2cc(-c3ccoc3)ccc2N)cc1. The summed E-state index contributed by atoms with van der Waals surface area (Å²) in [6.07, 6.45) is 3.26. The molecule has 22 heavy (non-hydrogen) atoms. The van der Waals surface area contributed by atoms with Crippen molar-refractivity contribution in [2.45, 2.75) is 6.92 Å². The molecule has 0 aliphatic carbocycles. The number of benzene rings is 2. The third-order valence-corrected chi connectivity index (χ3v) is 3.47. The molecule has 0 saturated carbocycles. The Morgan fingerprint density at radius 1 is 1.05 bits per heavy atom. The van der Waals surface area contributed by atoms with Crippen LogP contribution in [0.1, 0.15) is 15.9 Å². The highest BCUT2D eigenvalue weighted by Crippen LogP contribution is 2.27. The maximum atomic E-state index is 12.3. The fraction of sp³-hybridized carbons (Fsp3) is 0.0556. The Bertz CT molecular complexity index is 790. The van der Waals surface area contributed by atoms with Gasteiger partial charge < -0.3 is 15.5 Å². The van der Waals surface area contributed by atoms with Crippen LogP contribution in [-0.2, 0) is 0 Å². The van der Waals surface area contributed by atoms with Crippen LogP contribution in [0.25, 0.3) is 11.1 Å². The van der Waals surface area contributed by atoms with Crippen LogP contribution in [-0.4, -0.2) is 5.91 Å². The summed E-state index contributed by atoms with van der Waals surface area (Å²) >= 11 is 0. The number of amides is 1. The zero-order valence-corrected chi connectivity index (χ0v) is 12.2. The quantitative estimate of drug-likeness (QED) is 0.714. The first-order chi connectivity index (χ1) is 10.6. The molecule has 0 unspecified atom stereocenters. The zero-order chi connectivity index (χ0) is 15.5. The van der Waals surface area contributed by atoms with Crippen LogP contribution in [0, 0.1) is 6.92 Å². The minimum absolute atomic E-state index is 0.184. The lowest BCUT2D eigenvalue weighted by molar-refractivity contribution is 0.102. The summed E-state index contributed by atoms with van der Waals surface area (Å²) in [5, 5.41) is 2.85. The third-order valence-electron chi connectivity index (χ3n) is 3.47. The van der Waals surface area contributed by atoms with Crippen molar-refractivity contribution in [3.63, 3.8) is 0 Å². The van der Waals surface area contributed by atoms with Crippen LogP contribution in [0.3, 0.4) is 0 Å². The van der Waals surface area contributed by atoms with Gasteiger partial charge in [0, 0.05) is 11.1 Å². The fourth-order valence-electron chi connectivity index (χ4n) is 2.17. The number of anilines is 2. The highest BCUT2D eigenvalue weighted by Gasteiger charge is 2.09. The second kappa shape index (κ2) is 5.77. The summed E-state index contributed by atoms with van der Waals surface area (Å²) < 4.78 is 5.08. The van der Waals surface area contributed by atoms with E-state index in [1.807, 2.05) is 37.3 Å². The molecular weight excluding hydrogens is 276 g/mol. The van der Waals surface area contributed by atoms with Crippen LogP contribution in [0.2, 0.25) is 0 Å². The number of rotatable bonds is 3. The molecule has 3 rings (SSSR count). The monoisotopic (exact) mass is 292 g/mol. The first-order valence-electron chi connectivity index (χ1n) is 6.93. The predicted octanol–water partition coefficient (Wildman–Crippen LogP) is 4.09. The molecular formula is C18H16N2O2. The maximum absolute atomic E-state index is 12.3. The van der Waals surface area contributed by atoms with E-state index in [9.17, 15) is 4.79 Å². The minimum atomic E-state index is -0.184. The second-order valence-corrected chi connectivity index (χ2v) is 5.13. The van der Waals surface area contributed by atoms with E-state index in [0.717, 1.165) is 16.7 Å². The summed E-state index contributed by atoms with van der Waals surface area (Å²) in [6.45, 7) is 1.98. The Morgan fingerprint density at radius 3 is 2.50 bits per heavy atom. The van der Waals surface area contributed by atoms with E-state index < -0.39 is 0 Å². The maximum Gasteiger partial charge on any atom is 0.255 e. The molecule has 0 aliphatic rings. The van der Waals surface area contributed by atoms with Crippen molar-refractivity contribution in [1.82, 2.24) is 0 Å². The molecule has 1 aromatic heterocycles. The van der Waals surface area contributed by atoms with E-state index in [0.29, 0.717) is 16.9 Å². The van der Waals surface area contributed by atoms with Gasteiger partial charge in [-0.05, 0) is 42.8 Å². The molecule has 0 spiro atoms. The number of carbonyl (C=O) groups excluding carboxylic acids is 1. The topological polar surface area (TPSA) is 68.3 Å². The van der Waals surface area contributed by atoms with Crippen molar-refractivity contribution >= 4 is 17.3 Å². The Balaban J connectivity index is 1.87. The summed E-state index contributed by atoms with van der Waals surface area (Å²) in [5.74, 6) is -0.184. The van der Waals surface area contributed by atoms with Gasteiger partial charge in [-0.2, -0.15) is 0 Å². The lowest BCUT2D eigenvalue weighted by Gasteiger charge is -2.10. The zero-order valence-electron chi connectivity index (χ0n) is 12.2. The first kappa shape index (κ1) is 13.9. The van der Waals surface area contributed by atoms with Crippen molar-refractivity contribution in [2.24, 2.45) is 0 Å². The average molecular weight is 292 g/mol. The summed E-state index contributed by atoms with van der Waals surface area (Å²) in [6, 6.07) is 14.8. The summed E-state index contributed by atoms with van der Waals surface area (Å²) in [5.41, 5.74) is 10.6. The van der Waals surface area contributed by atoms with Gasteiger partial charge in [0.25, 0.3) is 5.91 Å². The molecule has 0 radical (unpaired) electrons. The molecule has 3 aromatic rings. The van der Waals surface area contributed by atoms with Gasteiger partial charge in [-0.15, -0.1) is 0 Å². The lowest BCUT2D eigenvalue weighted by Crippen LogP contribution is -2.13. The van der Waals surface area contributed by atoms with Gasteiger partial charge in [-0.3, -0.25) is 4.79 Å². The molecule has 0 aliphatic heterocycles. The molecule has 0 saturated heterocycles. The Hall–Kier alpha value is -3.01. The van der Waals surface area contributed by atoms with E-state index in [1.165, 1.54) is 0 Å². The van der Waals surface area contributed by atoms with Crippen LogP contribution in [0.15, 0.2) is 65.5 Å². The number of hydrogen-bond acceptors (Lipinski definition) is 3. The molecule has 0 bridgehead atoms. The normalized spacial score (nSPS) is 10.4. The van der Waals surface area contributed by atoms with Gasteiger partial charge in [0.2, 0.25) is 0 Å². The molecule has 0 atom stereocenters. The average Bonchev–Trinajstić information content (AvgIpc) is 3.04. The number of nitrogens with two attached hydrogens (primary N) is 1. The first-order valence-corrected chi connectivity index (χ1v) is 6.93. The number of aryl methyl sites for hydroxylation is 1. The van der Waals surface area contributed by atoms with Gasteiger partial charge in [-0.1, -0.05) is 23.8 Å². The van der Waals surface area contributed by atoms with Crippen molar-refractivity contribution in [3.05, 3.63) is 72.2 Å². The largest absolute Gasteiger partial charge is 0.472 e. The molecule has 3 N–H and O–H groups in total. The van der Waals surface area contributed by atoms with Crippen LogP contribution >= 0.6 is 0 Å². The van der Waals surface area contributed by atoms with Gasteiger partial charge in [0.05, 0.1) is 23.9 Å². The highest BCUT2D eigenvalue weighted by molar-refractivity contribution is 6.06. The Kier molecular flexibility index (Phi) is 3.66. The fourth-order valence-corrected chi connectivity index (χ4v) is 2.17. The van der Waals surface area contributed by atoms with Crippen molar-refractivity contribution in [2.75, 3.05) is 11.1 Å². The van der Waals surface area contributed by atoms with Crippen molar-refractivity contribution < 1.29 is 9.21 Å². The van der Waals surface area contributed by atoms with Crippen LogP contribution < -0.4 is 11.1 Å². The minimum Gasteiger partial charge on any atom is -0.472 e. The van der Waals surface area contributed by atoms with Gasteiger partial charge in [-0.25, -0.2) is 0 Å². The summed E-state index contributed by atoms with van der Waals surface area (Å²) in [7, 11) is 0. The lowest BCUT2D eigenvalue weighted by atomic mass is 10.1. The summed E-state index contributed by atoms with van der Waals surface area (Å²) in [4.78, 5) is 12.3. The molecule has 1 amide bonds. The van der Waals surface area contributed by atoms with E-state index in [2.05, 4.69) is 5.32 Å². The van der Waals surface area contributed by atoms with Crippen molar-refractivity contribution in [3.8, 4) is 11.1 Å². The van der Waals surface area contributed by atoms with Crippen LogP contribution in [0.4, 0.5) is 11.4 Å². The highest BCUT2D eigenvalue weighted by atomic mass is 16.3. The van der Waals surface area contributed by atoms with E-state index in [-0.39, 0.29) is 5.91 Å². The smallest absolute Gasteiger partial charge is 0.255 e. The van der Waals surface area contributed by atoms with Gasteiger partial charge in [0.1, 0.15) is 0 Å². The van der Waals surface area contributed by atoms with Crippen LogP contribution in [0.5, 0.6) is 0 Å². The Morgan fingerprint density at radius 2 is 1.82 bits per heavy atom. The second-order valence-electron chi connectivity index (χ2n) is 5.13. The van der Waals surface area contributed by atoms with E-state index >= 15 is 0 Å². The molecule has 4 nitrogen and oxygen atoms in total. The van der Waals surface area contributed by atoms with Gasteiger partial charge in [0.15, 0.2) is 0 Å². The van der Waals surface area contributed by atoms with E-state index in [1.54, 1.807) is 30.7 Å². The van der Waals surface area contributed by atoms with Gasteiger partial charge >= 0.3 is 0 Å². The van der Waals surface area contributed by atoms with E-state index in [4.69, 9.17) is 10.2 Å².